The molecule has 1 aromatic heterocycles. The molecule has 5 rings (SSSR count). The van der Waals surface area contributed by atoms with Crippen molar-refractivity contribution < 1.29 is 33.6 Å². The minimum absolute atomic E-state index is 0.0381. The first-order chi connectivity index (χ1) is 17.4. The summed E-state index contributed by atoms with van der Waals surface area (Å²) in [6.07, 6.45) is 3.57. The van der Waals surface area contributed by atoms with Crippen LogP contribution in [0, 0.1) is 0 Å². The number of ether oxygens (including phenoxy) is 4. The molecular weight excluding hydrogens is 579 g/mol. The molecule has 9 nitrogen and oxygen atoms in total. The number of rotatable bonds is 6. The van der Waals surface area contributed by atoms with E-state index in [2.05, 4.69) is 27.6 Å². The fraction of sp³-hybridized carbons (Fsp3) is 0.308. The molecule has 1 aliphatic carbocycles. The number of alkyl halides is 1. The average molecular weight is 604 g/mol. The van der Waals surface area contributed by atoms with Crippen molar-refractivity contribution in [1.29, 1.82) is 0 Å². The third-order valence-corrected chi connectivity index (χ3v) is 7.87. The van der Waals surface area contributed by atoms with Crippen LogP contribution in [-0.2, 0) is 9.53 Å². The van der Waals surface area contributed by atoms with Gasteiger partial charge >= 0.3 is 5.97 Å². The van der Waals surface area contributed by atoms with Crippen molar-refractivity contribution in [3.63, 3.8) is 0 Å². The third-order valence-electron chi connectivity index (χ3n) is 6.81. The summed E-state index contributed by atoms with van der Waals surface area (Å²) in [5.74, 6) is 0.0121. The maximum Gasteiger partial charge on any atom is 0.317 e. The molecular formula is C26H25IN2O7. The molecule has 2 atom stereocenters. The Bertz CT molecular complexity index is 1430. The van der Waals surface area contributed by atoms with E-state index in [1.807, 2.05) is 6.08 Å². The van der Waals surface area contributed by atoms with Crippen LogP contribution < -0.4 is 19.1 Å². The van der Waals surface area contributed by atoms with Gasteiger partial charge in [-0.3, -0.25) is 9.59 Å². The normalized spacial score (nSPS) is 17.8. The quantitative estimate of drug-likeness (QED) is 0.245. The van der Waals surface area contributed by atoms with Gasteiger partial charge in [0.2, 0.25) is 5.75 Å². The van der Waals surface area contributed by atoms with E-state index in [-0.39, 0.29) is 17.6 Å². The highest BCUT2D eigenvalue weighted by molar-refractivity contribution is 14.1. The standard InChI is InChI=1S/C26H25IN2O7/c1-33-19-8-12-7-16(28-22(12)24(35-3)23(19)34-2)25(31)29-11-13(10-27)20-14-5-6-15(26(32)36-4)21(14)18(30)9-17(20)29/h5-9,13,15,28,30H,10-11H2,1-4H3/t13-,15?/m1/s1. The molecule has 1 amide bonds. The summed E-state index contributed by atoms with van der Waals surface area (Å²) >= 11 is 2.30. The van der Waals surface area contributed by atoms with Crippen LogP contribution >= 0.6 is 22.6 Å². The first-order valence-corrected chi connectivity index (χ1v) is 12.8. The zero-order valence-electron chi connectivity index (χ0n) is 20.2. The number of carbonyl (C=O) groups is 2. The summed E-state index contributed by atoms with van der Waals surface area (Å²) in [6, 6.07) is 5.11. The number of fused-ring (bicyclic) bond motifs is 4. The number of anilines is 1. The van der Waals surface area contributed by atoms with E-state index in [9.17, 15) is 14.7 Å². The van der Waals surface area contributed by atoms with Crippen LogP contribution in [0.2, 0.25) is 0 Å². The third kappa shape index (κ3) is 3.49. The highest BCUT2D eigenvalue weighted by Gasteiger charge is 2.40. The minimum atomic E-state index is -0.666. The number of phenolic OH excluding ortho intramolecular Hbond substituents is 1. The number of nitrogens with zero attached hydrogens (tertiary/aromatic N) is 1. The summed E-state index contributed by atoms with van der Waals surface area (Å²) in [4.78, 5) is 30.9. The molecule has 0 saturated heterocycles. The Morgan fingerprint density at radius 2 is 1.83 bits per heavy atom. The predicted octanol–water partition coefficient (Wildman–Crippen LogP) is 4.36. The fourth-order valence-electron chi connectivity index (χ4n) is 5.21. The Hall–Kier alpha value is -3.41. The number of hydrogen-bond donors (Lipinski definition) is 2. The van der Waals surface area contributed by atoms with Gasteiger partial charge in [-0.15, -0.1) is 0 Å². The summed E-state index contributed by atoms with van der Waals surface area (Å²) in [7, 11) is 5.92. The molecule has 0 fully saturated rings. The Balaban J connectivity index is 1.60. The molecule has 0 saturated carbocycles. The number of hydrogen-bond acceptors (Lipinski definition) is 7. The van der Waals surface area contributed by atoms with Crippen molar-refractivity contribution in [2.75, 3.05) is 44.3 Å². The van der Waals surface area contributed by atoms with Crippen molar-refractivity contribution in [3.05, 3.63) is 46.7 Å². The summed E-state index contributed by atoms with van der Waals surface area (Å²) in [5, 5.41) is 11.6. The van der Waals surface area contributed by atoms with Crippen LogP contribution in [0.25, 0.3) is 17.0 Å². The molecule has 0 bridgehead atoms. The van der Waals surface area contributed by atoms with Crippen LogP contribution in [0.3, 0.4) is 0 Å². The number of nitrogens with one attached hydrogen (secondary N) is 1. The van der Waals surface area contributed by atoms with E-state index in [0.29, 0.717) is 46.3 Å². The van der Waals surface area contributed by atoms with Gasteiger partial charge in [-0.1, -0.05) is 34.7 Å². The lowest BCUT2D eigenvalue weighted by Crippen LogP contribution is -2.30. The molecule has 2 N–H and O–H groups in total. The van der Waals surface area contributed by atoms with Gasteiger partial charge in [-0.2, -0.15) is 0 Å². The van der Waals surface area contributed by atoms with Gasteiger partial charge < -0.3 is 33.9 Å². The largest absolute Gasteiger partial charge is 0.508 e. The molecule has 36 heavy (non-hydrogen) atoms. The molecule has 1 unspecified atom stereocenters. The smallest absolute Gasteiger partial charge is 0.317 e. The predicted molar refractivity (Wildman–Crippen MR) is 143 cm³/mol. The Morgan fingerprint density at radius 3 is 2.47 bits per heavy atom. The number of aromatic hydroxyl groups is 1. The molecule has 2 aromatic carbocycles. The van der Waals surface area contributed by atoms with Gasteiger partial charge in [-0.05, 0) is 23.3 Å². The van der Waals surface area contributed by atoms with Crippen LogP contribution in [0.5, 0.6) is 23.0 Å². The van der Waals surface area contributed by atoms with Gasteiger partial charge in [0, 0.05) is 33.9 Å². The lowest BCUT2D eigenvalue weighted by molar-refractivity contribution is -0.141. The van der Waals surface area contributed by atoms with Gasteiger partial charge in [0.15, 0.2) is 11.5 Å². The molecule has 1 aliphatic heterocycles. The zero-order chi connectivity index (χ0) is 25.7. The second-order valence-electron chi connectivity index (χ2n) is 8.58. The Morgan fingerprint density at radius 1 is 1.08 bits per heavy atom. The summed E-state index contributed by atoms with van der Waals surface area (Å²) in [5.41, 5.74) is 3.87. The molecule has 2 aliphatic rings. The van der Waals surface area contributed by atoms with E-state index in [4.69, 9.17) is 18.9 Å². The number of methoxy groups -OCH3 is 4. The van der Waals surface area contributed by atoms with Gasteiger partial charge in [0.05, 0.1) is 39.6 Å². The first-order valence-electron chi connectivity index (χ1n) is 11.2. The molecule has 0 radical (unpaired) electrons. The van der Waals surface area contributed by atoms with Crippen molar-refractivity contribution in [1.82, 2.24) is 4.98 Å². The van der Waals surface area contributed by atoms with Gasteiger partial charge in [0.1, 0.15) is 17.4 Å². The highest BCUT2D eigenvalue weighted by atomic mass is 127. The molecule has 0 spiro atoms. The molecule has 188 valence electrons. The number of carbonyl (C=O) groups excluding carboxylic acids is 2. The van der Waals surface area contributed by atoms with Crippen molar-refractivity contribution in [2.24, 2.45) is 0 Å². The number of amides is 1. The van der Waals surface area contributed by atoms with Crippen molar-refractivity contribution in [2.45, 2.75) is 11.8 Å². The Kier molecular flexibility index (Phi) is 6.23. The highest BCUT2D eigenvalue weighted by Crippen LogP contribution is 2.50. The monoisotopic (exact) mass is 604 g/mol. The number of aromatic nitrogens is 1. The van der Waals surface area contributed by atoms with E-state index in [1.54, 1.807) is 29.2 Å². The number of halogens is 1. The second-order valence-corrected chi connectivity index (χ2v) is 9.46. The van der Waals surface area contributed by atoms with Gasteiger partial charge in [-0.25, -0.2) is 0 Å². The van der Waals surface area contributed by atoms with Crippen LogP contribution in [-0.4, -0.2) is 61.4 Å². The van der Waals surface area contributed by atoms with E-state index >= 15 is 0 Å². The van der Waals surface area contributed by atoms with Crippen LogP contribution in [0.1, 0.15) is 39.0 Å². The van der Waals surface area contributed by atoms with Gasteiger partial charge in [0.25, 0.3) is 5.91 Å². The molecule has 2 heterocycles. The number of esters is 1. The number of phenols is 1. The summed E-state index contributed by atoms with van der Waals surface area (Å²) in [6.45, 7) is 0.447. The SMILES string of the molecule is COC(=O)C1C=Cc2c1c(O)cc1c2[C@H](CI)CN1C(=O)c1cc2cc(OC)c(OC)c(OC)c2[nH]1. The van der Waals surface area contributed by atoms with Crippen molar-refractivity contribution in [3.8, 4) is 23.0 Å². The van der Waals surface area contributed by atoms with E-state index in [0.717, 1.165) is 20.9 Å². The maximum absolute atomic E-state index is 13.8. The van der Waals surface area contributed by atoms with E-state index < -0.39 is 11.9 Å². The average Bonchev–Trinajstić information content (AvgIpc) is 3.61. The fourth-order valence-corrected chi connectivity index (χ4v) is 5.93. The lowest BCUT2D eigenvalue weighted by Gasteiger charge is -2.19. The number of H-pyrrole nitrogens is 1. The van der Waals surface area contributed by atoms with Crippen molar-refractivity contribution >= 4 is 57.1 Å². The number of aromatic amines is 1. The topological polar surface area (TPSA) is 110 Å². The zero-order valence-corrected chi connectivity index (χ0v) is 22.3. The number of benzene rings is 2. The van der Waals surface area contributed by atoms with Crippen LogP contribution in [0.15, 0.2) is 24.3 Å². The molecule has 3 aromatic rings. The first kappa shape index (κ1) is 24.3. The minimum Gasteiger partial charge on any atom is -0.508 e. The lowest BCUT2D eigenvalue weighted by atomic mass is 9.91. The molecule has 10 heteroatoms. The Labute approximate surface area is 221 Å². The van der Waals surface area contributed by atoms with E-state index in [1.165, 1.54) is 28.4 Å². The maximum atomic E-state index is 13.8. The van der Waals surface area contributed by atoms with Crippen LogP contribution in [0.4, 0.5) is 5.69 Å². The second kappa shape index (κ2) is 9.23. The summed E-state index contributed by atoms with van der Waals surface area (Å²) < 4.78 is 22.1.